The highest BCUT2D eigenvalue weighted by Gasteiger charge is 2.15. The number of pyridine rings is 1. The second-order valence-corrected chi connectivity index (χ2v) is 7.14. The molecule has 1 aromatic heterocycles. The van der Waals surface area contributed by atoms with Gasteiger partial charge < -0.3 is 4.74 Å². The van der Waals surface area contributed by atoms with Gasteiger partial charge in [0.05, 0.1) is 23.6 Å². The molecule has 10 nitrogen and oxygen atoms in total. The van der Waals surface area contributed by atoms with Gasteiger partial charge in [-0.2, -0.15) is 4.89 Å². The quantitative estimate of drug-likeness (QED) is 0.253. The van der Waals surface area contributed by atoms with Crippen molar-refractivity contribution in [1.82, 2.24) is 4.98 Å². The van der Waals surface area contributed by atoms with E-state index in [2.05, 4.69) is 14.8 Å². The van der Waals surface area contributed by atoms with E-state index in [4.69, 9.17) is 4.74 Å². The molecule has 176 valence electrons. The van der Waals surface area contributed by atoms with E-state index in [1.165, 1.54) is 29.2 Å². The average molecular weight is 465 g/mol. The summed E-state index contributed by atoms with van der Waals surface area (Å²) in [6.07, 6.45) is 1.69. The fraction of sp³-hybridized carbons (Fsp3) is 0.208. The van der Waals surface area contributed by atoms with Gasteiger partial charge in [0.15, 0.2) is 0 Å². The van der Waals surface area contributed by atoms with Crippen molar-refractivity contribution in [2.75, 3.05) is 18.6 Å². The first-order valence-corrected chi connectivity index (χ1v) is 10.4. The normalized spacial score (nSPS) is 10.4. The molecule has 3 aromatic rings. The number of nitro groups is 1. The van der Waals surface area contributed by atoms with Crippen molar-refractivity contribution < 1.29 is 29.0 Å². The van der Waals surface area contributed by atoms with E-state index in [-0.39, 0.29) is 17.9 Å². The standard InChI is InChI=1S/C24H23N3O7/c1-3-32-34-23(28)14-8-17-7-13-22(25-16-17)18-5-4-6-20(15-18)26(2)24(29)33-21-11-9-19(10-12-21)27(30)31/h4-7,9-13,15-16H,3,8,14H2,1-2H3. The minimum absolute atomic E-state index is 0.0928. The lowest BCUT2D eigenvalue weighted by atomic mass is 10.1. The van der Waals surface area contributed by atoms with E-state index in [9.17, 15) is 19.7 Å². The van der Waals surface area contributed by atoms with Crippen LogP contribution in [0.25, 0.3) is 11.3 Å². The van der Waals surface area contributed by atoms with E-state index >= 15 is 0 Å². The van der Waals surface area contributed by atoms with Gasteiger partial charge in [-0.05, 0) is 49.2 Å². The summed E-state index contributed by atoms with van der Waals surface area (Å²) >= 11 is 0. The van der Waals surface area contributed by atoms with Crippen molar-refractivity contribution in [3.63, 3.8) is 0 Å². The molecule has 0 spiro atoms. The minimum atomic E-state index is -0.645. The summed E-state index contributed by atoms with van der Waals surface area (Å²) in [6, 6.07) is 16.1. The van der Waals surface area contributed by atoms with Gasteiger partial charge in [-0.15, -0.1) is 0 Å². The van der Waals surface area contributed by atoms with Gasteiger partial charge in [0.2, 0.25) is 0 Å². The van der Waals surface area contributed by atoms with Gasteiger partial charge in [-0.25, -0.2) is 9.59 Å². The lowest BCUT2D eigenvalue weighted by Gasteiger charge is -2.17. The molecule has 34 heavy (non-hydrogen) atoms. The number of nitro benzene ring substituents is 1. The van der Waals surface area contributed by atoms with Gasteiger partial charge in [0.25, 0.3) is 5.69 Å². The molecule has 0 aliphatic rings. The molecule has 0 saturated carbocycles. The molecule has 0 N–H and O–H groups in total. The van der Waals surface area contributed by atoms with Crippen LogP contribution in [0.5, 0.6) is 5.75 Å². The maximum Gasteiger partial charge on any atom is 0.419 e. The molecule has 0 aliphatic carbocycles. The van der Waals surface area contributed by atoms with Crippen LogP contribution in [-0.4, -0.2) is 35.6 Å². The van der Waals surface area contributed by atoms with Crippen LogP contribution in [0.3, 0.4) is 0 Å². The van der Waals surface area contributed by atoms with Crippen molar-refractivity contribution >= 4 is 23.4 Å². The number of carbonyl (C=O) groups is 2. The molecule has 0 aliphatic heterocycles. The van der Waals surface area contributed by atoms with Crippen molar-refractivity contribution in [3.8, 4) is 17.0 Å². The molecular weight excluding hydrogens is 442 g/mol. The Bertz CT molecular complexity index is 1150. The van der Waals surface area contributed by atoms with Gasteiger partial charge >= 0.3 is 12.1 Å². The molecule has 0 saturated heterocycles. The predicted octanol–water partition coefficient (Wildman–Crippen LogP) is 4.72. The fourth-order valence-electron chi connectivity index (χ4n) is 2.94. The molecule has 1 heterocycles. The SMILES string of the molecule is CCOOC(=O)CCc1ccc(-c2cccc(N(C)C(=O)Oc3ccc([N+](=O)[O-])cc3)c2)nc1. The molecule has 1 amide bonds. The Morgan fingerprint density at radius 1 is 1.09 bits per heavy atom. The lowest BCUT2D eigenvalue weighted by molar-refractivity contribution is -0.384. The lowest BCUT2D eigenvalue weighted by Crippen LogP contribution is -2.29. The van der Waals surface area contributed by atoms with Crippen molar-refractivity contribution in [2.24, 2.45) is 0 Å². The number of nitrogens with zero attached hydrogens (tertiary/aromatic N) is 3. The minimum Gasteiger partial charge on any atom is -0.410 e. The number of hydrogen-bond acceptors (Lipinski definition) is 8. The van der Waals surface area contributed by atoms with Crippen LogP contribution in [0.1, 0.15) is 18.9 Å². The van der Waals surface area contributed by atoms with Crippen LogP contribution in [0, 0.1) is 10.1 Å². The molecule has 10 heteroatoms. The van der Waals surface area contributed by atoms with Gasteiger partial charge in [0.1, 0.15) is 5.75 Å². The number of non-ortho nitro benzene ring substituents is 1. The largest absolute Gasteiger partial charge is 0.419 e. The van der Waals surface area contributed by atoms with Gasteiger partial charge in [0, 0.05) is 36.6 Å². The predicted molar refractivity (Wildman–Crippen MR) is 123 cm³/mol. The second kappa shape index (κ2) is 11.5. The summed E-state index contributed by atoms with van der Waals surface area (Å²) in [5, 5.41) is 10.8. The average Bonchev–Trinajstić information content (AvgIpc) is 2.86. The molecule has 0 radical (unpaired) electrons. The molecule has 3 rings (SSSR count). The molecular formula is C24H23N3O7. The van der Waals surface area contributed by atoms with Crippen molar-refractivity contribution in [2.45, 2.75) is 19.8 Å². The van der Waals surface area contributed by atoms with Crippen molar-refractivity contribution in [1.29, 1.82) is 0 Å². The van der Waals surface area contributed by atoms with E-state index in [1.54, 1.807) is 38.4 Å². The summed E-state index contributed by atoms with van der Waals surface area (Å²) in [4.78, 5) is 49.3. The topological polar surface area (TPSA) is 121 Å². The first kappa shape index (κ1) is 24.3. The third-order valence-electron chi connectivity index (χ3n) is 4.77. The zero-order valence-electron chi connectivity index (χ0n) is 18.7. The van der Waals surface area contributed by atoms with Crippen LogP contribution < -0.4 is 9.64 Å². The number of carbonyl (C=O) groups excluding carboxylic acids is 2. The smallest absolute Gasteiger partial charge is 0.410 e. The zero-order chi connectivity index (χ0) is 24.5. The highest BCUT2D eigenvalue weighted by atomic mass is 17.2. The summed E-state index contributed by atoms with van der Waals surface area (Å²) in [6.45, 7) is 2.02. The van der Waals surface area contributed by atoms with Crippen LogP contribution in [-0.2, 0) is 21.0 Å². The number of rotatable bonds is 9. The summed E-state index contributed by atoms with van der Waals surface area (Å²) in [5.74, 6) is -0.247. The van der Waals surface area contributed by atoms with Crippen LogP contribution >= 0.6 is 0 Å². The number of ether oxygens (including phenoxy) is 1. The maximum atomic E-state index is 12.5. The number of aromatic nitrogens is 1. The Balaban J connectivity index is 1.63. The van der Waals surface area contributed by atoms with Crippen LogP contribution in [0.15, 0.2) is 66.9 Å². The first-order chi connectivity index (χ1) is 16.4. The Morgan fingerprint density at radius 3 is 2.50 bits per heavy atom. The zero-order valence-corrected chi connectivity index (χ0v) is 18.7. The van der Waals surface area contributed by atoms with Crippen LogP contribution in [0.2, 0.25) is 0 Å². The monoisotopic (exact) mass is 465 g/mol. The van der Waals surface area contributed by atoms with E-state index in [0.29, 0.717) is 24.4 Å². The van der Waals surface area contributed by atoms with E-state index in [1.807, 2.05) is 18.2 Å². The van der Waals surface area contributed by atoms with Gasteiger partial charge in [-0.1, -0.05) is 18.2 Å². The van der Waals surface area contributed by atoms with E-state index in [0.717, 1.165) is 11.1 Å². The molecule has 0 atom stereocenters. The van der Waals surface area contributed by atoms with Crippen LogP contribution in [0.4, 0.5) is 16.2 Å². The maximum absolute atomic E-state index is 12.5. The number of aryl methyl sites for hydroxylation is 1. The fourth-order valence-corrected chi connectivity index (χ4v) is 2.94. The first-order valence-electron chi connectivity index (χ1n) is 10.4. The summed E-state index contributed by atoms with van der Waals surface area (Å²) in [5.41, 5.74) is 2.84. The Hall–Kier alpha value is -4.31. The third-order valence-corrected chi connectivity index (χ3v) is 4.77. The number of amides is 1. The number of benzene rings is 2. The Kier molecular flexibility index (Phi) is 8.25. The molecule has 2 aromatic carbocycles. The summed E-state index contributed by atoms with van der Waals surface area (Å²) in [7, 11) is 1.56. The number of anilines is 1. The third kappa shape index (κ3) is 6.59. The highest BCUT2D eigenvalue weighted by Crippen LogP contribution is 2.24. The highest BCUT2D eigenvalue weighted by molar-refractivity contribution is 5.89. The molecule has 0 fully saturated rings. The van der Waals surface area contributed by atoms with E-state index < -0.39 is 17.0 Å². The summed E-state index contributed by atoms with van der Waals surface area (Å²) < 4.78 is 5.30. The van der Waals surface area contributed by atoms with Crippen molar-refractivity contribution in [3.05, 3.63) is 82.5 Å². The Labute approximate surface area is 195 Å². The number of hydrogen-bond donors (Lipinski definition) is 0. The molecule has 0 unspecified atom stereocenters. The Morgan fingerprint density at radius 2 is 1.85 bits per heavy atom. The van der Waals surface area contributed by atoms with Gasteiger partial charge in [-0.3, -0.25) is 24.9 Å². The second-order valence-electron chi connectivity index (χ2n) is 7.14. The molecule has 0 bridgehead atoms.